The second-order valence-corrected chi connectivity index (χ2v) is 4.82. The van der Waals surface area contributed by atoms with Gasteiger partial charge in [0, 0.05) is 6.08 Å². The molecule has 6 nitrogen and oxygen atoms in total. The summed E-state index contributed by atoms with van der Waals surface area (Å²) in [4.78, 5) is 38.1. The highest BCUT2D eigenvalue weighted by molar-refractivity contribution is 8.18. The van der Waals surface area contributed by atoms with E-state index in [2.05, 4.69) is 15.0 Å². The number of hydrogen-bond donors (Lipinski definition) is 1. The molecule has 0 saturated carbocycles. The van der Waals surface area contributed by atoms with E-state index in [1.54, 1.807) is 0 Å². The summed E-state index contributed by atoms with van der Waals surface area (Å²) < 4.78 is 17.8. The summed E-state index contributed by atoms with van der Waals surface area (Å²) in [7, 11) is 1.17. The van der Waals surface area contributed by atoms with Crippen molar-refractivity contribution in [2.75, 3.05) is 7.11 Å². The molecule has 1 aliphatic rings. The average Bonchev–Trinajstić information content (AvgIpc) is 2.78. The van der Waals surface area contributed by atoms with Crippen molar-refractivity contribution in [3.05, 3.63) is 46.6 Å². The van der Waals surface area contributed by atoms with Crippen molar-refractivity contribution >= 4 is 34.7 Å². The second-order valence-electron chi connectivity index (χ2n) is 3.79. The summed E-state index contributed by atoms with van der Waals surface area (Å²) in [5.41, 5.74) is -0.203. The minimum Gasteiger partial charge on any atom is -0.466 e. The normalized spacial score (nSPS) is 17.9. The van der Waals surface area contributed by atoms with Crippen molar-refractivity contribution in [2.24, 2.45) is 4.99 Å². The fourth-order valence-electron chi connectivity index (χ4n) is 1.43. The number of aliphatic imine (C=N–C) groups is 1. The number of carbonyl (C=O) groups excluding carboxylic acids is 3. The number of thioether (sulfide) groups is 1. The number of nitrogens with one attached hydrogen (secondary N) is 1. The Kier molecular flexibility index (Phi) is 4.49. The van der Waals surface area contributed by atoms with Crippen LogP contribution in [0.15, 0.2) is 40.2 Å². The van der Waals surface area contributed by atoms with Gasteiger partial charge in [-0.3, -0.25) is 9.59 Å². The van der Waals surface area contributed by atoms with Crippen LogP contribution in [0.2, 0.25) is 0 Å². The molecule has 1 N–H and O–H groups in total. The monoisotopic (exact) mass is 308 g/mol. The van der Waals surface area contributed by atoms with E-state index in [9.17, 15) is 18.8 Å². The number of hydrogen-bond acceptors (Lipinski definition) is 5. The van der Waals surface area contributed by atoms with E-state index >= 15 is 0 Å². The molecule has 0 unspecified atom stereocenters. The Balaban J connectivity index is 2.19. The summed E-state index contributed by atoms with van der Waals surface area (Å²) in [5.74, 6) is -2.80. The number of ether oxygens (including phenoxy) is 1. The number of rotatable bonds is 2. The number of esters is 1. The molecule has 0 bridgehead atoms. The zero-order valence-corrected chi connectivity index (χ0v) is 11.6. The number of halogens is 1. The van der Waals surface area contributed by atoms with E-state index in [1.165, 1.54) is 25.3 Å². The first kappa shape index (κ1) is 14.9. The first-order valence-corrected chi connectivity index (χ1v) is 6.49. The third-order valence-electron chi connectivity index (χ3n) is 2.41. The predicted octanol–water partition coefficient (Wildman–Crippen LogP) is 1.24. The van der Waals surface area contributed by atoms with E-state index < -0.39 is 23.6 Å². The van der Waals surface area contributed by atoms with E-state index in [-0.39, 0.29) is 15.6 Å². The number of benzene rings is 1. The molecule has 8 heteroatoms. The van der Waals surface area contributed by atoms with Gasteiger partial charge in [0.1, 0.15) is 5.82 Å². The Labute approximate surface area is 123 Å². The van der Waals surface area contributed by atoms with E-state index in [0.717, 1.165) is 23.9 Å². The molecule has 108 valence electrons. The van der Waals surface area contributed by atoms with Crippen LogP contribution in [-0.2, 0) is 14.3 Å². The lowest BCUT2D eigenvalue weighted by Crippen LogP contribution is -2.21. The van der Waals surface area contributed by atoms with E-state index in [1.807, 2.05) is 0 Å². The summed E-state index contributed by atoms with van der Waals surface area (Å²) >= 11 is 0.798. The molecule has 2 rings (SSSR count). The molecule has 0 aromatic heterocycles. The lowest BCUT2D eigenvalue weighted by molar-refractivity contribution is -0.135. The van der Waals surface area contributed by atoms with Crippen LogP contribution in [0.1, 0.15) is 10.4 Å². The van der Waals surface area contributed by atoms with Crippen LogP contribution in [0.3, 0.4) is 0 Å². The van der Waals surface area contributed by atoms with Gasteiger partial charge in [0.2, 0.25) is 0 Å². The van der Waals surface area contributed by atoms with Gasteiger partial charge in [-0.1, -0.05) is 12.1 Å². The first-order chi connectivity index (χ1) is 10.0. The van der Waals surface area contributed by atoms with Crippen molar-refractivity contribution in [3.63, 3.8) is 0 Å². The Hall–Kier alpha value is -2.48. The first-order valence-electron chi connectivity index (χ1n) is 5.67. The SMILES string of the molecule is COC(=O)C=C1SC(=NC(=O)c2ccccc2F)NC1=O. The van der Waals surface area contributed by atoms with Gasteiger partial charge in [-0.2, -0.15) is 4.99 Å². The van der Waals surface area contributed by atoms with Gasteiger partial charge >= 0.3 is 5.97 Å². The molecule has 1 fully saturated rings. The minimum atomic E-state index is -0.824. The lowest BCUT2D eigenvalue weighted by Gasteiger charge is -1.98. The quantitative estimate of drug-likeness (QED) is 0.656. The third-order valence-corrected chi connectivity index (χ3v) is 3.32. The molecule has 0 atom stereocenters. The Morgan fingerprint density at radius 3 is 2.76 bits per heavy atom. The molecular weight excluding hydrogens is 299 g/mol. The minimum absolute atomic E-state index is 0.0246. The van der Waals surface area contributed by atoms with Gasteiger partial charge in [-0.25, -0.2) is 9.18 Å². The molecule has 0 aliphatic carbocycles. The van der Waals surface area contributed by atoms with Crippen molar-refractivity contribution in [1.29, 1.82) is 0 Å². The van der Waals surface area contributed by atoms with Gasteiger partial charge in [0.05, 0.1) is 17.6 Å². The fourth-order valence-corrected chi connectivity index (χ4v) is 2.21. The fraction of sp³-hybridized carbons (Fsp3) is 0.0769. The van der Waals surface area contributed by atoms with Crippen LogP contribution in [0, 0.1) is 5.82 Å². The lowest BCUT2D eigenvalue weighted by atomic mass is 10.2. The van der Waals surface area contributed by atoms with E-state index in [0.29, 0.717) is 0 Å². The molecule has 1 heterocycles. The molecule has 2 amide bonds. The van der Waals surface area contributed by atoms with Crippen LogP contribution >= 0.6 is 11.8 Å². The van der Waals surface area contributed by atoms with Crippen LogP contribution in [0.5, 0.6) is 0 Å². The van der Waals surface area contributed by atoms with Crippen LogP contribution < -0.4 is 5.32 Å². The van der Waals surface area contributed by atoms with Crippen molar-refractivity contribution in [1.82, 2.24) is 5.32 Å². The number of nitrogens with zero attached hydrogens (tertiary/aromatic N) is 1. The van der Waals surface area contributed by atoms with Gasteiger partial charge in [-0.15, -0.1) is 0 Å². The molecule has 1 saturated heterocycles. The zero-order chi connectivity index (χ0) is 15.4. The number of methoxy groups -OCH3 is 1. The van der Waals surface area contributed by atoms with Crippen molar-refractivity contribution < 1.29 is 23.5 Å². The average molecular weight is 308 g/mol. The van der Waals surface area contributed by atoms with Crippen molar-refractivity contribution in [3.8, 4) is 0 Å². The second kappa shape index (κ2) is 6.31. The highest BCUT2D eigenvalue weighted by Crippen LogP contribution is 2.24. The maximum absolute atomic E-state index is 13.4. The zero-order valence-electron chi connectivity index (χ0n) is 10.8. The molecule has 0 spiro atoms. The third kappa shape index (κ3) is 3.54. The summed E-state index contributed by atoms with van der Waals surface area (Å²) in [6.07, 6.45) is 0.982. The Bertz CT molecular complexity index is 685. The van der Waals surface area contributed by atoms with Gasteiger partial charge in [0.15, 0.2) is 5.17 Å². The van der Waals surface area contributed by atoms with E-state index in [4.69, 9.17) is 0 Å². The largest absolute Gasteiger partial charge is 0.466 e. The molecule has 1 aliphatic heterocycles. The number of amides is 2. The van der Waals surface area contributed by atoms with Crippen LogP contribution in [0.4, 0.5) is 4.39 Å². The van der Waals surface area contributed by atoms with Gasteiger partial charge in [0.25, 0.3) is 11.8 Å². The topological polar surface area (TPSA) is 84.8 Å². The number of carbonyl (C=O) groups is 3. The van der Waals surface area contributed by atoms with Gasteiger partial charge in [-0.05, 0) is 23.9 Å². The maximum Gasteiger partial charge on any atom is 0.331 e. The molecule has 21 heavy (non-hydrogen) atoms. The van der Waals surface area contributed by atoms with Crippen molar-refractivity contribution in [2.45, 2.75) is 0 Å². The summed E-state index contributed by atoms with van der Waals surface area (Å²) in [6, 6.07) is 5.37. The Morgan fingerprint density at radius 1 is 1.38 bits per heavy atom. The smallest absolute Gasteiger partial charge is 0.331 e. The van der Waals surface area contributed by atoms with Crippen LogP contribution in [-0.4, -0.2) is 30.1 Å². The summed E-state index contributed by atoms with van der Waals surface area (Å²) in [5, 5.41) is 2.28. The highest BCUT2D eigenvalue weighted by atomic mass is 32.2. The molecular formula is C13H9FN2O4S. The molecule has 1 aromatic carbocycles. The Morgan fingerprint density at radius 2 is 2.10 bits per heavy atom. The summed E-state index contributed by atoms with van der Waals surface area (Å²) in [6.45, 7) is 0. The van der Waals surface area contributed by atoms with Gasteiger partial charge < -0.3 is 10.1 Å². The predicted molar refractivity (Wildman–Crippen MR) is 74.0 cm³/mol. The standard InChI is InChI=1S/C13H9FN2O4S/c1-20-10(17)6-9-12(19)16-13(21-9)15-11(18)7-4-2-3-5-8(7)14/h2-6H,1H3,(H,15,16,18,19). The maximum atomic E-state index is 13.4. The molecule has 1 aromatic rings. The number of amidine groups is 1. The highest BCUT2D eigenvalue weighted by Gasteiger charge is 2.26. The molecule has 0 radical (unpaired) electrons. The van der Waals surface area contributed by atoms with Crippen LogP contribution in [0.25, 0.3) is 0 Å².